The highest BCUT2D eigenvalue weighted by molar-refractivity contribution is 6.33. The minimum absolute atomic E-state index is 0.191. The molecular weight excluding hydrogens is 275 g/mol. The van der Waals surface area contributed by atoms with Gasteiger partial charge in [-0.3, -0.25) is 4.79 Å². The zero-order valence-electron chi connectivity index (χ0n) is 11.4. The fourth-order valence-electron chi connectivity index (χ4n) is 1.73. The average molecular weight is 288 g/mol. The van der Waals surface area contributed by atoms with Gasteiger partial charge in [-0.15, -0.1) is 0 Å². The molecule has 0 saturated heterocycles. The van der Waals surface area contributed by atoms with Gasteiger partial charge in [-0.2, -0.15) is 0 Å². The Hall–Kier alpha value is -2.63. The summed E-state index contributed by atoms with van der Waals surface area (Å²) in [5, 5.41) is 0. The van der Waals surface area contributed by atoms with E-state index in [9.17, 15) is 14.0 Å². The van der Waals surface area contributed by atoms with E-state index in [1.54, 1.807) is 24.5 Å². The van der Waals surface area contributed by atoms with Crippen LogP contribution in [0, 0.1) is 5.82 Å². The minimum atomic E-state index is -0.908. The third kappa shape index (κ3) is 4.17. The van der Waals surface area contributed by atoms with E-state index in [2.05, 4.69) is 14.7 Å². The molecular formula is C15H13FN2O3. The van der Waals surface area contributed by atoms with Crippen LogP contribution in [0.2, 0.25) is 0 Å². The summed E-state index contributed by atoms with van der Waals surface area (Å²) < 4.78 is 17.1. The maximum atomic E-state index is 12.8. The Balaban J connectivity index is 2.00. The highest BCUT2D eigenvalue weighted by atomic mass is 19.1. The molecule has 0 unspecified atom stereocenters. The molecule has 0 fully saturated rings. The van der Waals surface area contributed by atoms with Crippen molar-refractivity contribution < 1.29 is 18.7 Å². The molecule has 2 rings (SSSR count). The molecule has 1 aromatic carbocycles. The molecule has 5 nitrogen and oxygen atoms in total. The number of carbonyl (C=O) groups is 2. The average Bonchev–Trinajstić information content (AvgIpc) is 2.50. The predicted molar refractivity (Wildman–Crippen MR) is 72.0 cm³/mol. The Kier molecular flexibility index (Phi) is 4.71. The molecule has 0 saturated carbocycles. The van der Waals surface area contributed by atoms with Crippen LogP contribution in [0.25, 0.3) is 0 Å². The van der Waals surface area contributed by atoms with E-state index < -0.39 is 11.8 Å². The molecule has 0 aliphatic heterocycles. The number of carbonyl (C=O) groups excluding carboxylic acids is 2. The third-order valence-corrected chi connectivity index (χ3v) is 2.81. The van der Waals surface area contributed by atoms with E-state index in [-0.39, 0.29) is 18.1 Å². The Morgan fingerprint density at radius 3 is 2.29 bits per heavy atom. The second-order valence-corrected chi connectivity index (χ2v) is 4.40. The molecule has 0 N–H and O–H groups in total. The molecule has 21 heavy (non-hydrogen) atoms. The lowest BCUT2D eigenvalue weighted by atomic mass is 10.1. The van der Waals surface area contributed by atoms with Crippen molar-refractivity contribution in [2.24, 2.45) is 0 Å². The van der Waals surface area contributed by atoms with Crippen LogP contribution in [0.4, 0.5) is 4.39 Å². The first-order valence-electron chi connectivity index (χ1n) is 6.24. The predicted octanol–water partition coefficient (Wildman–Crippen LogP) is 1.49. The fourth-order valence-corrected chi connectivity index (χ4v) is 1.73. The van der Waals surface area contributed by atoms with Crippen LogP contribution in [0.15, 0.2) is 36.7 Å². The number of Topliss-reactive ketones (excluding diaryl/α,β-unsaturated/α-hetero) is 1. The summed E-state index contributed by atoms with van der Waals surface area (Å²) in [7, 11) is 1.15. The van der Waals surface area contributed by atoms with E-state index in [1.807, 2.05) is 0 Å². The first-order valence-corrected chi connectivity index (χ1v) is 6.24. The van der Waals surface area contributed by atoms with Crippen LogP contribution in [0.5, 0.6) is 0 Å². The van der Waals surface area contributed by atoms with Crippen molar-refractivity contribution in [2.75, 3.05) is 7.11 Å². The molecule has 0 atom stereocenters. The SMILES string of the molecule is COC(=O)C(=O)Cc1ncc(Cc2ccc(F)cc2)cn1. The van der Waals surface area contributed by atoms with Gasteiger partial charge in [0.05, 0.1) is 13.5 Å². The smallest absolute Gasteiger partial charge is 0.374 e. The van der Waals surface area contributed by atoms with Crippen LogP contribution in [-0.4, -0.2) is 28.8 Å². The topological polar surface area (TPSA) is 69.2 Å². The number of benzene rings is 1. The second-order valence-electron chi connectivity index (χ2n) is 4.40. The number of hydrogen-bond donors (Lipinski definition) is 0. The Labute approximate surface area is 120 Å². The van der Waals surface area contributed by atoms with E-state index in [1.165, 1.54) is 12.1 Å². The largest absolute Gasteiger partial charge is 0.463 e. The lowest BCUT2D eigenvalue weighted by Gasteiger charge is -2.03. The molecule has 6 heteroatoms. The van der Waals surface area contributed by atoms with Crippen molar-refractivity contribution in [3.63, 3.8) is 0 Å². The van der Waals surface area contributed by atoms with Crippen LogP contribution >= 0.6 is 0 Å². The van der Waals surface area contributed by atoms with Gasteiger partial charge in [0.2, 0.25) is 5.78 Å². The van der Waals surface area contributed by atoms with E-state index in [4.69, 9.17) is 0 Å². The van der Waals surface area contributed by atoms with Gasteiger partial charge in [-0.1, -0.05) is 12.1 Å². The van der Waals surface area contributed by atoms with E-state index in [0.717, 1.165) is 18.2 Å². The van der Waals surface area contributed by atoms with Crippen molar-refractivity contribution in [1.29, 1.82) is 0 Å². The maximum absolute atomic E-state index is 12.8. The van der Waals surface area contributed by atoms with Crippen molar-refractivity contribution in [2.45, 2.75) is 12.8 Å². The molecule has 0 radical (unpaired) electrons. The summed E-state index contributed by atoms with van der Waals surface area (Å²) in [6.07, 6.45) is 3.53. The Morgan fingerprint density at radius 1 is 1.10 bits per heavy atom. The van der Waals surface area contributed by atoms with Crippen molar-refractivity contribution in [3.05, 3.63) is 59.4 Å². The van der Waals surface area contributed by atoms with Gasteiger partial charge in [-0.25, -0.2) is 19.2 Å². The van der Waals surface area contributed by atoms with Gasteiger partial charge >= 0.3 is 5.97 Å². The molecule has 1 aromatic heterocycles. The normalized spacial score (nSPS) is 10.2. The number of nitrogens with zero attached hydrogens (tertiary/aromatic N) is 2. The summed E-state index contributed by atoms with van der Waals surface area (Å²) in [6, 6.07) is 6.15. The summed E-state index contributed by atoms with van der Waals surface area (Å²) in [4.78, 5) is 30.4. The maximum Gasteiger partial charge on any atom is 0.374 e. The van der Waals surface area contributed by atoms with Crippen molar-refractivity contribution in [1.82, 2.24) is 9.97 Å². The van der Waals surface area contributed by atoms with E-state index >= 15 is 0 Å². The third-order valence-electron chi connectivity index (χ3n) is 2.81. The molecule has 0 spiro atoms. The van der Waals surface area contributed by atoms with Crippen LogP contribution < -0.4 is 0 Å². The van der Waals surface area contributed by atoms with Crippen LogP contribution in [-0.2, 0) is 27.2 Å². The van der Waals surface area contributed by atoms with Gasteiger partial charge in [0.1, 0.15) is 11.6 Å². The number of methoxy groups -OCH3 is 1. The number of hydrogen-bond acceptors (Lipinski definition) is 5. The number of halogens is 1. The zero-order valence-corrected chi connectivity index (χ0v) is 11.4. The van der Waals surface area contributed by atoms with Gasteiger partial charge in [0.25, 0.3) is 0 Å². The number of esters is 1. The highest BCUT2D eigenvalue weighted by Crippen LogP contribution is 2.09. The Morgan fingerprint density at radius 2 is 1.71 bits per heavy atom. The first kappa shape index (κ1) is 14.8. The molecule has 1 heterocycles. The van der Waals surface area contributed by atoms with Crippen molar-refractivity contribution in [3.8, 4) is 0 Å². The summed E-state index contributed by atoms with van der Waals surface area (Å²) >= 11 is 0. The molecule has 108 valence electrons. The molecule has 0 amide bonds. The van der Waals surface area contributed by atoms with Gasteiger partial charge in [0, 0.05) is 18.8 Å². The molecule has 0 bridgehead atoms. The second kappa shape index (κ2) is 6.69. The lowest BCUT2D eigenvalue weighted by molar-refractivity contribution is -0.151. The summed E-state index contributed by atoms with van der Waals surface area (Å²) in [5.74, 6) is -1.63. The molecule has 0 aliphatic carbocycles. The van der Waals surface area contributed by atoms with Gasteiger partial charge in [0.15, 0.2) is 0 Å². The number of ketones is 1. The van der Waals surface area contributed by atoms with Crippen LogP contribution in [0.3, 0.4) is 0 Å². The first-order chi connectivity index (χ1) is 10.1. The summed E-state index contributed by atoms with van der Waals surface area (Å²) in [5.41, 5.74) is 1.76. The lowest BCUT2D eigenvalue weighted by Crippen LogP contribution is -2.19. The van der Waals surface area contributed by atoms with Crippen LogP contribution in [0.1, 0.15) is 17.0 Å². The fraction of sp³-hybridized carbons (Fsp3) is 0.200. The number of rotatable bonds is 5. The highest BCUT2D eigenvalue weighted by Gasteiger charge is 2.15. The number of aromatic nitrogens is 2. The molecule has 0 aliphatic rings. The standard InChI is InChI=1S/C15H13FN2O3/c1-21-15(20)13(19)7-14-17-8-11(9-18-14)6-10-2-4-12(16)5-3-10/h2-5,8-9H,6-7H2,1H3. The van der Waals surface area contributed by atoms with Crippen molar-refractivity contribution >= 4 is 11.8 Å². The van der Waals surface area contributed by atoms with Gasteiger partial charge < -0.3 is 4.74 Å². The summed E-state index contributed by atoms with van der Waals surface area (Å²) in [6.45, 7) is 0. The minimum Gasteiger partial charge on any atom is -0.463 e. The van der Waals surface area contributed by atoms with Gasteiger partial charge in [-0.05, 0) is 23.3 Å². The zero-order chi connectivity index (χ0) is 15.2. The van der Waals surface area contributed by atoms with E-state index in [0.29, 0.717) is 6.42 Å². The quantitative estimate of drug-likeness (QED) is 0.616. The monoisotopic (exact) mass is 288 g/mol. The molecule has 2 aromatic rings. The number of ether oxygens (including phenoxy) is 1. The Bertz CT molecular complexity index is 639.